The lowest BCUT2D eigenvalue weighted by atomic mass is 9.84. The van der Waals surface area contributed by atoms with Crippen molar-refractivity contribution < 1.29 is 28.5 Å². The van der Waals surface area contributed by atoms with Gasteiger partial charge in [0.05, 0.1) is 49.6 Å². The maximum atomic E-state index is 12.8. The second-order valence-corrected chi connectivity index (χ2v) is 7.94. The van der Waals surface area contributed by atoms with Gasteiger partial charge in [0, 0.05) is 5.92 Å². The Morgan fingerprint density at radius 3 is 2.07 bits per heavy atom. The van der Waals surface area contributed by atoms with Gasteiger partial charge in [-0.25, -0.2) is 9.59 Å². The first-order valence-electron chi connectivity index (χ1n) is 9.94. The van der Waals surface area contributed by atoms with Crippen LogP contribution in [0.1, 0.15) is 46.9 Å². The molecule has 1 aliphatic carbocycles. The fraction of sp³-hybridized carbons (Fsp3) is 0.545. The van der Waals surface area contributed by atoms with Crippen molar-refractivity contribution in [1.29, 1.82) is 0 Å². The number of esters is 2. The number of carbonyl (C=O) groups is 2. The van der Waals surface area contributed by atoms with Crippen LogP contribution in [0.2, 0.25) is 0 Å². The van der Waals surface area contributed by atoms with Gasteiger partial charge < -0.3 is 18.9 Å². The third kappa shape index (κ3) is 3.84. The van der Waals surface area contributed by atoms with Crippen LogP contribution in [-0.2, 0) is 18.9 Å². The van der Waals surface area contributed by atoms with E-state index in [0.717, 1.165) is 29.7 Å². The van der Waals surface area contributed by atoms with Crippen LogP contribution < -0.4 is 10.4 Å². The minimum atomic E-state index is -0.488. The molecule has 4 rings (SSSR count). The predicted molar refractivity (Wildman–Crippen MR) is 102 cm³/mol. The highest BCUT2D eigenvalue weighted by atomic mass is 16.6. The summed E-state index contributed by atoms with van der Waals surface area (Å²) in [4.78, 5) is 25.6. The first-order chi connectivity index (χ1) is 13.6. The molecule has 0 atom stereocenters. The summed E-state index contributed by atoms with van der Waals surface area (Å²) in [5, 5.41) is 1.92. The third-order valence-corrected chi connectivity index (χ3v) is 5.79. The molecule has 28 heavy (non-hydrogen) atoms. The van der Waals surface area contributed by atoms with Crippen molar-refractivity contribution in [2.45, 2.75) is 26.2 Å². The summed E-state index contributed by atoms with van der Waals surface area (Å²) in [5.41, 5.74) is 0.437. The molecule has 0 unspecified atom stereocenters. The van der Waals surface area contributed by atoms with Crippen LogP contribution in [0.3, 0.4) is 0 Å². The summed E-state index contributed by atoms with van der Waals surface area (Å²) >= 11 is 0. The Morgan fingerprint density at radius 1 is 1.00 bits per heavy atom. The molecule has 0 amide bonds. The Hall–Kier alpha value is -2.18. The lowest BCUT2D eigenvalue weighted by molar-refractivity contribution is -0.140. The van der Waals surface area contributed by atoms with Crippen molar-refractivity contribution >= 4 is 24.1 Å². The van der Waals surface area contributed by atoms with Crippen molar-refractivity contribution in [3.63, 3.8) is 0 Å². The summed E-state index contributed by atoms with van der Waals surface area (Å²) in [6.45, 7) is 5.07. The minimum Gasteiger partial charge on any atom is -0.462 e. The van der Waals surface area contributed by atoms with Gasteiger partial charge in [0.1, 0.15) is 6.61 Å². The number of fused-ring (bicyclic) bond motifs is 1. The van der Waals surface area contributed by atoms with Gasteiger partial charge in [-0.05, 0) is 41.8 Å². The molecule has 1 aromatic carbocycles. The van der Waals surface area contributed by atoms with Crippen LogP contribution in [0, 0.1) is 11.3 Å². The van der Waals surface area contributed by atoms with E-state index in [2.05, 4.69) is 19.1 Å². The SMILES string of the molecule is CCC1(COC(=O)c2cc3c(cc2C(=O)OCC2COC2)=CCCC=3)COC1. The van der Waals surface area contributed by atoms with Crippen LogP contribution in [0.25, 0.3) is 12.2 Å². The zero-order chi connectivity index (χ0) is 19.6. The van der Waals surface area contributed by atoms with E-state index >= 15 is 0 Å². The van der Waals surface area contributed by atoms with Gasteiger partial charge >= 0.3 is 11.9 Å². The zero-order valence-electron chi connectivity index (χ0n) is 16.2. The topological polar surface area (TPSA) is 71.1 Å². The van der Waals surface area contributed by atoms with Crippen LogP contribution in [0.4, 0.5) is 0 Å². The molecule has 0 spiro atoms. The third-order valence-electron chi connectivity index (χ3n) is 5.79. The van der Waals surface area contributed by atoms with E-state index in [-0.39, 0.29) is 22.5 Å². The molecular weight excluding hydrogens is 360 g/mol. The Balaban J connectivity index is 1.56. The number of benzene rings is 1. The minimum absolute atomic E-state index is 0.103. The van der Waals surface area contributed by atoms with Gasteiger partial charge in [0.2, 0.25) is 0 Å². The molecule has 6 nitrogen and oxygen atoms in total. The second-order valence-electron chi connectivity index (χ2n) is 7.94. The van der Waals surface area contributed by atoms with Crippen LogP contribution >= 0.6 is 0 Å². The average molecular weight is 386 g/mol. The highest BCUT2D eigenvalue weighted by molar-refractivity contribution is 6.03. The molecular formula is C22H26O6. The molecule has 0 N–H and O–H groups in total. The summed E-state index contributed by atoms with van der Waals surface area (Å²) < 4.78 is 21.4. The summed E-state index contributed by atoms with van der Waals surface area (Å²) in [7, 11) is 0. The largest absolute Gasteiger partial charge is 0.462 e. The molecule has 2 heterocycles. The molecule has 2 fully saturated rings. The number of carbonyl (C=O) groups excluding carboxylic acids is 2. The summed E-state index contributed by atoms with van der Waals surface area (Å²) in [6, 6.07) is 3.51. The van der Waals surface area contributed by atoms with E-state index in [1.165, 1.54) is 0 Å². The number of rotatable bonds is 7. The standard InChI is InChI=1S/C22H26O6/c1-2-22(12-26-13-22)14-28-21(24)19-8-17-6-4-3-5-16(17)7-18(19)20(23)27-11-15-9-25-10-15/h5-8,15H,2-4,9-14H2,1H3. The maximum absolute atomic E-state index is 12.8. The second kappa shape index (κ2) is 8.05. The highest BCUT2D eigenvalue weighted by Crippen LogP contribution is 2.31. The molecule has 0 bridgehead atoms. The van der Waals surface area contributed by atoms with Crippen molar-refractivity contribution in [2.75, 3.05) is 39.6 Å². The first-order valence-corrected chi connectivity index (χ1v) is 9.94. The molecule has 0 radical (unpaired) electrons. The van der Waals surface area contributed by atoms with Gasteiger partial charge in [0.15, 0.2) is 0 Å². The van der Waals surface area contributed by atoms with Gasteiger partial charge in [0.25, 0.3) is 0 Å². The monoisotopic (exact) mass is 386 g/mol. The lowest BCUT2D eigenvalue weighted by Crippen LogP contribution is -2.46. The fourth-order valence-electron chi connectivity index (χ4n) is 3.53. The molecule has 2 aliphatic heterocycles. The number of hydrogen-bond donors (Lipinski definition) is 0. The molecule has 1 aromatic rings. The summed E-state index contributed by atoms with van der Waals surface area (Å²) in [5.74, 6) is -0.738. The smallest absolute Gasteiger partial charge is 0.339 e. The van der Waals surface area contributed by atoms with Crippen molar-refractivity contribution in [3.05, 3.63) is 33.7 Å². The van der Waals surface area contributed by atoms with Gasteiger partial charge in [-0.1, -0.05) is 19.1 Å². The maximum Gasteiger partial charge on any atom is 0.339 e. The highest BCUT2D eigenvalue weighted by Gasteiger charge is 2.38. The molecule has 0 saturated carbocycles. The predicted octanol–water partition coefficient (Wildman–Crippen LogP) is 1.43. The van der Waals surface area contributed by atoms with Crippen LogP contribution in [0.15, 0.2) is 12.1 Å². The Kier molecular flexibility index (Phi) is 5.51. The zero-order valence-corrected chi connectivity index (χ0v) is 16.2. The Morgan fingerprint density at radius 2 is 1.61 bits per heavy atom. The quantitative estimate of drug-likeness (QED) is 0.661. The van der Waals surface area contributed by atoms with Gasteiger partial charge in [-0.3, -0.25) is 0 Å². The van der Waals surface area contributed by atoms with E-state index in [4.69, 9.17) is 18.9 Å². The molecule has 0 aromatic heterocycles. The van der Waals surface area contributed by atoms with E-state index in [0.29, 0.717) is 39.6 Å². The number of ether oxygens (including phenoxy) is 4. The first kappa shape index (κ1) is 19.2. The normalized spacial score (nSPS) is 19.9. The molecule has 6 heteroatoms. The van der Waals surface area contributed by atoms with Crippen LogP contribution in [-0.4, -0.2) is 51.6 Å². The van der Waals surface area contributed by atoms with Gasteiger partial charge in [-0.2, -0.15) is 0 Å². The Bertz CT molecular complexity index is 874. The fourth-order valence-corrected chi connectivity index (χ4v) is 3.53. The lowest BCUT2D eigenvalue weighted by Gasteiger charge is -2.39. The average Bonchev–Trinajstić information content (AvgIpc) is 2.65. The summed E-state index contributed by atoms with van der Waals surface area (Å²) in [6.07, 6.45) is 6.89. The van der Waals surface area contributed by atoms with E-state index in [9.17, 15) is 9.59 Å². The van der Waals surface area contributed by atoms with Gasteiger partial charge in [-0.15, -0.1) is 0 Å². The van der Waals surface area contributed by atoms with E-state index < -0.39 is 11.9 Å². The molecule has 150 valence electrons. The Labute approximate surface area is 164 Å². The van der Waals surface area contributed by atoms with E-state index in [1.54, 1.807) is 12.1 Å². The van der Waals surface area contributed by atoms with Crippen molar-refractivity contribution in [1.82, 2.24) is 0 Å². The van der Waals surface area contributed by atoms with E-state index in [1.807, 2.05) is 0 Å². The molecule has 2 saturated heterocycles. The van der Waals surface area contributed by atoms with Crippen LogP contribution in [0.5, 0.6) is 0 Å². The van der Waals surface area contributed by atoms with Crippen molar-refractivity contribution in [3.8, 4) is 0 Å². The van der Waals surface area contributed by atoms with Crippen molar-refractivity contribution in [2.24, 2.45) is 11.3 Å². The number of hydrogen-bond acceptors (Lipinski definition) is 6. The molecule has 3 aliphatic rings.